The van der Waals surface area contributed by atoms with E-state index in [1.807, 2.05) is 32.0 Å². The summed E-state index contributed by atoms with van der Waals surface area (Å²) in [5.41, 5.74) is 4.82. The smallest absolute Gasteiger partial charge is 0.226 e. The minimum absolute atomic E-state index is 0. The summed E-state index contributed by atoms with van der Waals surface area (Å²) in [6, 6.07) is 5.81. The van der Waals surface area contributed by atoms with E-state index in [-0.39, 0.29) is 13.3 Å². The number of rotatable bonds is 5. The van der Waals surface area contributed by atoms with Gasteiger partial charge in [0.25, 0.3) is 0 Å². The third-order valence-electron chi connectivity index (χ3n) is 4.46. The number of nitrogens with zero attached hydrogens (tertiary/aromatic N) is 1. The van der Waals surface area contributed by atoms with Gasteiger partial charge in [-0.25, -0.2) is 4.98 Å². The van der Waals surface area contributed by atoms with Crippen molar-refractivity contribution in [1.29, 1.82) is 0 Å². The number of hydrogen-bond acceptors (Lipinski definition) is 3. The normalized spacial score (nSPS) is 14.9. The molecule has 1 unspecified atom stereocenters. The predicted octanol–water partition coefficient (Wildman–Crippen LogP) is 5.45. The van der Waals surface area contributed by atoms with Crippen LogP contribution in [0, 0.1) is 19.8 Å². The van der Waals surface area contributed by atoms with Crippen molar-refractivity contribution >= 4 is 11.6 Å². The first-order valence-electron chi connectivity index (χ1n) is 8.72. The predicted molar refractivity (Wildman–Crippen MR) is 102 cm³/mol. The monoisotopic (exact) mass is 338 g/mol. The molecule has 132 valence electrons. The number of oxazole rings is 1. The van der Waals surface area contributed by atoms with Gasteiger partial charge in [-0.2, -0.15) is 0 Å². The van der Waals surface area contributed by atoms with Gasteiger partial charge in [-0.3, -0.25) is 4.79 Å². The van der Waals surface area contributed by atoms with E-state index < -0.39 is 0 Å². The second-order valence-corrected chi connectivity index (χ2v) is 6.66. The minimum Gasteiger partial charge on any atom is -0.444 e. The van der Waals surface area contributed by atoms with Crippen LogP contribution in [0.1, 0.15) is 38.9 Å². The fourth-order valence-electron chi connectivity index (χ4n) is 3.01. The molecule has 4 nitrogen and oxygen atoms in total. The maximum atomic E-state index is 12.4. The molecule has 0 saturated carbocycles. The molecule has 0 radical (unpaired) electrons. The fraction of sp³-hybridized carbons (Fsp3) is 0.333. The Bertz CT molecular complexity index is 836. The molecule has 1 aliphatic rings. The van der Waals surface area contributed by atoms with E-state index in [9.17, 15) is 4.79 Å². The topological polar surface area (TPSA) is 55.1 Å². The Kier molecular flexibility index (Phi) is 5.17. The molecule has 1 atom stereocenters. The zero-order chi connectivity index (χ0) is 17.8. The number of anilines is 1. The van der Waals surface area contributed by atoms with E-state index in [2.05, 4.69) is 35.5 Å². The Morgan fingerprint density at radius 3 is 2.88 bits per heavy atom. The number of aromatic nitrogens is 1. The van der Waals surface area contributed by atoms with E-state index >= 15 is 0 Å². The van der Waals surface area contributed by atoms with Gasteiger partial charge in [0, 0.05) is 19.1 Å². The number of allylic oxidation sites excluding steroid dienone is 4. The van der Waals surface area contributed by atoms with Crippen LogP contribution in [0.15, 0.2) is 52.7 Å². The van der Waals surface area contributed by atoms with Crippen LogP contribution in [-0.2, 0) is 4.79 Å². The van der Waals surface area contributed by atoms with Crippen molar-refractivity contribution in [2.24, 2.45) is 5.92 Å². The highest BCUT2D eigenvalue weighted by Gasteiger charge is 2.14. The lowest BCUT2D eigenvalue weighted by molar-refractivity contribution is -0.116. The Hall–Kier alpha value is -2.62. The molecular weight excluding hydrogens is 312 g/mol. The molecule has 0 spiro atoms. The van der Waals surface area contributed by atoms with Gasteiger partial charge < -0.3 is 9.73 Å². The highest BCUT2D eigenvalue weighted by molar-refractivity contribution is 5.91. The van der Waals surface area contributed by atoms with Crippen LogP contribution in [0.5, 0.6) is 0 Å². The van der Waals surface area contributed by atoms with Crippen molar-refractivity contribution in [3.05, 3.63) is 59.5 Å². The molecule has 25 heavy (non-hydrogen) atoms. The molecule has 1 amide bonds. The molecular formula is C21H26N2O2. The Balaban J connectivity index is 0.00000243. The van der Waals surface area contributed by atoms with Crippen molar-refractivity contribution in [2.75, 3.05) is 5.32 Å². The summed E-state index contributed by atoms with van der Waals surface area (Å²) in [5, 5.41) is 3.00. The first-order chi connectivity index (χ1) is 12.0. The van der Waals surface area contributed by atoms with Gasteiger partial charge in [0.1, 0.15) is 6.26 Å². The molecule has 1 N–H and O–H groups in total. The molecule has 1 heterocycles. The lowest BCUT2D eigenvalue weighted by Crippen LogP contribution is -2.16. The van der Waals surface area contributed by atoms with Gasteiger partial charge in [0.15, 0.2) is 0 Å². The molecule has 2 aromatic rings. The molecule has 0 aliphatic heterocycles. The third kappa shape index (κ3) is 4.27. The van der Waals surface area contributed by atoms with E-state index in [4.69, 9.17) is 4.42 Å². The largest absolute Gasteiger partial charge is 0.444 e. The Morgan fingerprint density at radius 2 is 2.20 bits per heavy atom. The first kappa shape index (κ1) is 17.2. The SMILES string of the molecule is Cc1coc(-c2cc(NC(=O)CC(C)C3=CCCC=C3)ccc2C)n1.[HH]. The number of carbonyl (C=O) groups is 1. The standard InChI is InChI=1S/C21H24N2O2.H2/c1-14-9-10-18(12-19(14)21-22-16(3)13-25-21)23-20(24)11-15(2)17-7-5-4-6-8-17;/h5,7-10,12-13,15H,4,6,11H2,1-3H3,(H,23,24);1H. The van der Waals surface area contributed by atoms with Crippen molar-refractivity contribution in [1.82, 2.24) is 4.98 Å². The van der Waals surface area contributed by atoms with Gasteiger partial charge in [0.2, 0.25) is 11.8 Å². The van der Waals surface area contributed by atoms with E-state index in [1.54, 1.807) is 6.26 Å². The number of aryl methyl sites for hydroxylation is 2. The summed E-state index contributed by atoms with van der Waals surface area (Å²) in [6.07, 6.45) is 10.8. The van der Waals surface area contributed by atoms with Gasteiger partial charge in [-0.05, 0) is 55.9 Å². The summed E-state index contributed by atoms with van der Waals surface area (Å²) >= 11 is 0. The average Bonchev–Trinajstić information content (AvgIpc) is 3.03. The zero-order valence-corrected chi connectivity index (χ0v) is 15.0. The second-order valence-electron chi connectivity index (χ2n) is 6.66. The highest BCUT2D eigenvalue weighted by atomic mass is 16.3. The number of amides is 1. The van der Waals surface area contributed by atoms with Crippen LogP contribution in [0.3, 0.4) is 0 Å². The lowest BCUT2D eigenvalue weighted by Gasteiger charge is -2.15. The fourth-order valence-corrected chi connectivity index (χ4v) is 3.01. The van der Waals surface area contributed by atoms with Crippen LogP contribution in [0.25, 0.3) is 11.5 Å². The lowest BCUT2D eigenvalue weighted by atomic mass is 9.93. The molecule has 1 aliphatic carbocycles. The van der Waals surface area contributed by atoms with Crippen molar-refractivity contribution in [3.63, 3.8) is 0 Å². The number of carbonyl (C=O) groups excluding carboxylic acids is 1. The van der Waals surface area contributed by atoms with E-state index in [0.29, 0.717) is 12.3 Å². The van der Waals surface area contributed by atoms with Gasteiger partial charge >= 0.3 is 0 Å². The molecule has 3 rings (SSSR count). The number of benzene rings is 1. The number of hydrogen-bond donors (Lipinski definition) is 1. The maximum Gasteiger partial charge on any atom is 0.226 e. The van der Waals surface area contributed by atoms with Gasteiger partial charge in [-0.1, -0.05) is 31.2 Å². The van der Waals surface area contributed by atoms with Crippen molar-refractivity contribution < 1.29 is 10.6 Å². The molecule has 1 aromatic heterocycles. The molecule has 0 bridgehead atoms. The zero-order valence-electron chi connectivity index (χ0n) is 15.0. The van der Waals surface area contributed by atoms with E-state index in [1.165, 1.54) is 5.57 Å². The third-order valence-corrected chi connectivity index (χ3v) is 4.46. The molecule has 4 heteroatoms. The van der Waals surface area contributed by atoms with Crippen LogP contribution in [0.4, 0.5) is 5.69 Å². The van der Waals surface area contributed by atoms with Crippen molar-refractivity contribution in [2.45, 2.75) is 40.0 Å². The molecule has 1 aromatic carbocycles. The maximum absolute atomic E-state index is 12.4. The quantitative estimate of drug-likeness (QED) is 0.789. The summed E-state index contributed by atoms with van der Waals surface area (Å²) in [5.74, 6) is 0.818. The van der Waals surface area contributed by atoms with E-state index in [0.717, 1.165) is 35.3 Å². The summed E-state index contributed by atoms with van der Waals surface area (Å²) < 4.78 is 5.50. The summed E-state index contributed by atoms with van der Waals surface area (Å²) in [4.78, 5) is 16.8. The molecule has 0 fully saturated rings. The van der Waals surface area contributed by atoms with Gasteiger partial charge in [-0.15, -0.1) is 0 Å². The minimum atomic E-state index is 0. The van der Waals surface area contributed by atoms with Crippen LogP contribution in [0.2, 0.25) is 0 Å². The average molecular weight is 338 g/mol. The number of nitrogens with one attached hydrogen (secondary N) is 1. The van der Waals surface area contributed by atoms with Crippen LogP contribution >= 0.6 is 0 Å². The van der Waals surface area contributed by atoms with Crippen LogP contribution < -0.4 is 5.32 Å². The van der Waals surface area contributed by atoms with Crippen LogP contribution in [-0.4, -0.2) is 10.9 Å². The summed E-state index contributed by atoms with van der Waals surface area (Å²) in [7, 11) is 0. The molecule has 0 saturated heterocycles. The second kappa shape index (κ2) is 7.51. The van der Waals surface area contributed by atoms with Gasteiger partial charge in [0.05, 0.1) is 5.69 Å². The highest BCUT2D eigenvalue weighted by Crippen LogP contribution is 2.27. The van der Waals surface area contributed by atoms with Crippen molar-refractivity contribution in [3.8, 4) is 11.5 Å². The Labute approximate surface area is 150 Å². The Morgan fingerprint density at radius 1 is 1.36 bits per heavy atom. The summed E-state index contributed by atoms with van der Waals surface area (Å²) in [6.45, 7) is 5.99. The first-order valence-corrected chi connectivity index (χ1v) is 8.72.